The second kappa shape index (κ2) is 4.87. The fourth-order valence-electron chi connectivity index (χ4n) is 1.64. The number of methoxy groups -OCH3 is 1. The molecule has 0 aliphatic heterocycles. The molecule has 0 unspecified atom stereocenters. The lowest BCUT2D eigenvalue weighted by atomic mass is 10.1. The van der Waals surface area contributed by atoms with Gasteiger partial charge < -0.3 is 14.5 Å². The third kappa shape index (κ3) is 2.90. The van der Waals surface area contributed by atoms with Crippen molar-refractivity contribution in [2.24, 2.45) is 0 Å². The molecule has 0 fully saturated rings. The van der Waals surface area contributed by atoms with Gasteiger partial charge in [0.05, 0.1) is 12.6 Å². The third-order valence-corrected chi connectivity index (χ3v) is 2.46. The first-order chi connectivity index (χ1) is 9.30. The zero-order valence-electron chi connectivity index (χ0n) is 10.1. The Morgan fingerprint density at radius 3 is 2.55 bits per heavy atom. The van der Waals surface area contributed by atoms with Crippen molar-refractivity contribution < 1.29 is 27.4 Å². The Morgan fingerprint density at radius 2 is 1.95 bits per heavy atom. The highest BCUT2D eigenvalue weighted by atomic mass is 19.4. The number of fused-ring (bicyclic) bond motifs is 1. The lowest BCUT2D eigenvalue weighted by molar-refractivity contribution is -0.274. The number of ether oxygens (including phenoxy) is 2. The topological polar surface area (TPSA) is 68.4 Å². The van der Waals surface area contributed by atoms with Crippen LogP contribution in [0.1, 0.15) is 10.4 Å². The van der Waals surface area contributed by atoms with Crippen molar-refractivity contribution in [2.75, 3.05) is 7.11 Å². The summed E-state index contributed by atoms with van der Waals surface area (Å²) in [5.74, 6) is -1.30. The maximum atomic E-state index is 12.1. The monoisotopic (exact) mass is 287 g/mol. The van der Waals surface area contributed by atoms with Crippen LogP contribution in [0.15, 0.2) is 29.1 Å². The van der Waals surface area contributed by atoms with Gasteiger partial charge in [0, 0.05) is 6.07 Å². The first-order valence-corrected chi connectivity index (χ1v) is 5.31. The highest BCUT2D eigenvalue weighted by Crippen LogP contribution is 2.25. The molecule has 1 heterocycles. The predicted molar refractivity (Wildman–Crippen MR) is 62.6 cm³/mol. The SMILES string of the molecule is COC(=O)c1cc2ccc(OC(F)(F)F)cc2[nH]c1=O. The molecule has 8 heteroatoms. The summed E-state index contributed by atoms with van der Waals surface area (Å²) in [5.41, 5.74) is -0.873. The van der Waals surface area contributed by atoms with E-state index in [9.17, 15) is 22.8 Å². The minimum Gasteiger partial charge on any atom is -0.465 e. The summed E-state index contributed by atoms with van der Waals surface area (Å²) in [7, 11) is 1.12. The average molecular weight is 287 g/mol. The van der Waals surface area contributed by atoms with E-state index in [1.807, 2.05) is 0 Å². The molecule has 0 aliphatic rings. The van der Waals surface area contributed by atoms with Crippen molar-refractivity contribution in [3.05, 3.63) is 40.2 Å². The van der Waals surface area contributed by atoms with Gasteiger partial charge in [-0.25, -0.2) is 4.79 Å². The van der Waals surface area contributed by atoms with Crippen LogP contribution in [-0.2, 0) is 4.74 Å². The molecule has 2 aromatic rings. The van der Waals surface area contributed by atoms with Gasteiger partial charge in [-0.2, -0.15) is 0 Å². The van der Waals surface area contributed by atoms with Crippen molar-refractivity contribution in [1.29, 1.82) is 0 Å². The van der Waals surface area contributed by atoms with Crippen LogP contribution < -0.4 is 10.3 Å². The van der Waals surface area contributed by atoms with E-state index in [1.165, 1.54) is 12.1 Å². The number of hydrogen-bond acceptors (Lipinski definition) is 4. The number of halogens is 3. The summed E-state index contributed by atoms with van der Waals surface area (Å²) in [4.78, 5) is 25.2. The molecular formula is C12H8F3NO4. The number of esters is 1. The third-order valence-electron chi connectivity index (χ3n) is 2.46. The minimum atomic E-state index is -4.82. The van der Waals surface area contributed by atoms with Gasteiger partial charge in [0.2, 0.25) is 0 Å². The van der Waals surface area contributed by atoms with Crippen LogP contribution in [0.3, 0.4) is 0 Å². The molecule has 0 amide bonds. The van der Waals surface area contributed by atoms with E-state index < -0.39 is 23.6 Å². The molecule has 0 radical (unpaired) electrons. The molecule has 0 aliphatic carbocycles. The lowest BCUT2D eigenvalue weighted by Crippen LogP contribution is -2.19. The Kier molecular flexibility index (Phi) is 3.39. The van der Waals surface area contributed by atoms with E-state index in [1.54, 1.807) is 0 Å². The molecule has 0 atom stereocenters. The van der Waals surface area contributed by atoms with Crippen LogP contribution in [0.25, 0.3) is 10.9 Å². The van der Waals surface area contributed by atoms with Crippen LogP contribution >= 0.6 is 0 Å². The fraction of sp³-hybridized carbons (Fsp3) is 0.167. The Labute approximate surface area is 109 Å². The van der Waals surface area contributed by atoms with E-state index in [0.717, 1.165) is 19.2 Å². The number of pyridine rings is 1. The summed E-state index contributed by atoms with van der Waals surface area (Å²) < 4.78 is 44.4. The smallest absolute Gasteiger partial charge is 0.465 e. The quantitative estimate of drug-likeness (QED) is 0.860. The Hall–Kier alpha value is -2.51. The maximum Gasteiger partial charge on any atom is 0.573 e. The van der Waals surface area contributed by atoms with Crippen LogP contribution in [0.5, 0.6) is 5.75 Å². The first kappa shape index (κ1) is 13.9. The number of hydrogen-bond donors (Lipinski definition) is 1. The zero-order chi connectivity index (χ0) is 14.9. The fourth-order valence-corrected chi connectivity index (χ4v) is 1.64. The summed E-state index contributed by atoms with van der Waals surface area (Å²) in [6.07, 6.45) is -4.82. The number of H-pyrrole nitrogens is 1. The standard InChI is InChI=1S/C12H8F3NO4/c1-19-11(18)8-4-6-2-3-7(20-12(13,14)15)5-9(6)16-10(8)17/h2-5H,1H3,(H,16,17). The highest BCUT2D eigenvalue weighted by molar-refractivity contribution is 5.93. The first-order valence-electron chi connectivity index (χ1n) is 5.31. The van der Waals surface area contributed by atoms with Gasteiger partial charge in [0.25, 0.3) is 5.56 Å². The number of carbonyl (C=O) groups excluding carboxylic acids is 1. The van der Waals surface area contributed by atoms with Gasteiger partial charge >= 0.3 is 12.3 Å². The second-order valence-corrected chi connectivity index (χ2v) is 3.80. The van der Waals surface area contributed by atoms with Gasteiger partial charge in [-0.1, -0.05) is 0 Å². The van der Waals surface area contributed by atoms with Crippen LogP contribution in [0, 0.1) is 0 Å². The van der Waals surface area contributed by atoms with Gasteiger partial charge in [-0.3, -0.25) is 4.79 Å². The molecule has 5 nitrogen and oxygen atoms in total. The summed E-state index contributed by atoms with van der Waals surface area (Å²) in [6.45, 7) is 0. The number of aromatic nitrogens is 1. The van der Waals surface area contributed by atoms with Crippen molar-refractivity contribution in [3.63, 3.8) is 0 Å². The van der Waals surface area contributed by atoms with Crippen LogP contribution in [0.2, 0.25) is 0 Å². The number of aromatic amines is 1. The summed E-state index contributed by atoms with van der Waals surface area (Å²) in [6, 6.07) is 4.62. The van der Waals surface area contributed by atoms with Crippen molar-refractivity contribution in [2.45, 2.75) is 6.36 Å². The Morgan fingerprint density at radius 1 is 1.25 bits per heavy atom. The molecule has 20 heavy (non-hydrogen) atoms. The molecular weight excluding hydrogens is 279 g/mol. The minimum absolute atomic E-state index is 0.115. The van der Waals surface area contributed by atoms with Crippen molar-refractivity contribution in [3.8, 4) is 5.75 Å². The van der Waals surface area contributed by atoms with Gasteiger partial charge in [-0.05, 0) is 23.6 Å². The molecule has 0 bridgehead atoms. The van der Waals surface area contributed by atoms with Crippen molar-refractivity contribution in [1.82, 2.24) is 4.98 Å². The number of carbonyl (C=O) groups is 1. The van der Waals surface area contributed by atoms with E-state index in [4.69, 9.17) is 0 Å². The molecule has 2 rings (SSSR count). The normalized spacial score (nSPS) is 11.4. The van der Waals surface area contributed by atoms with E-state index >= 15 is 0 Å². The zero-order valence-corrected chi connectivity index (χ0v) is 10.1. The van der Waals surface area contributed by atoms with E-state index in [0.29, 0.717) is 5.39 Å². The molecule has 106 valence electrons. The van der Waals surface area contributed by atoms with E-state index in [-0.39, 0.29) is 11.1 Å². The molecule has 1 N–H and O–H groups in total. The Balaban J connectivity index is 2.50. The van der Waals surface area contributed by atoms with Crippen LogP contribution in [0.4, 0.5) is 13.2 Å². The number of rotatable bonds is 2. The lowest BCUT2D eigenvalue weighted by Gasteiger charge is -2.09. The number of benzene rings is 1. The number of nitrogens with one attached hydrogen (secondary N) is 1. The largest absolute Gasteiger partial charge is 0.573 e. The molecule has 1 aromatic heterocycles. The molecule has 1 aromatic carbocycles. The Bertz CT molecular complexity index is 721. The molecule has 0 saturated carbocycles. The molecule has 0 spiro atoms. The van der Waals surface area contributed by atoms with Crippen molar-refractivity contribution >= 4 is 16.9 Å². The summed E-state index contributed by atoms with van der Waals surface area (Å²) >= 11 is 0. The maximum absolute atomic E-state index is 12.1. The average Bonchev–Trinajstić information content (AvgIpc) is 2.35. The van der Waals surface area contributed by atoms with Gasteiger partial charge in [-0.15, -0.1) is 13.2 Å². The predicted octanol–water partition coefficient (Wildman–Crippen LogP) is 2.21. The van der Waals surface area contributed by atoms with E-state index in [2.05, 4.69) is 14.5 Å². The van der Waals surface area contributed by atoms with Gasteiger partial charge in [0.1, 0.15) is 11.3 Å². The van der Waals surface area contributed by atoms with Crippen LogP contribution in [-0.4, -0.2) is 24.4 Å². The second-order valence-electron chi connectivity index (χ2n) is 3.80. The molecule has 0 saturated heterocycles. The highest BCUT2D eigenvalue weighted by Gasteiger charge is 2.31. The summed E-state index contributed by atoms with van der Waals surface area (Å²) in [5, 5.41) is 0.375. The number of alkyl halides is 3. The van der Waals surface area contributed by atoms with Gasteiger partial charge in [0.15, 0.2) is 0 Å².